The molecule has 2 aromatic heterocycles. The molecule has 17 heavy (non-hydrogen) atoms. The Bertz CT molecular complexity index is 488. The van der Waals surface area contributed by atoms with Crippen molar-refractivity contribution in [2.24, 2.45) is 0 Å². The molecule has 0 aromatic carbocycles. The number of hydrogen-bond donors (Lipinski definition) is 1. The summed E-state index contributed by atoms with van der Waals surface area (Å²) in [7, 11) is 1.98. The van der Waals surface area contributed by atoms with Gasteiger partial charge in [0.1, 0.15) is 0 Å². The summed E-state index contributed by atoms with van der Waals surface area (Å²) in [5.41, 5.74) is 3.20. The highest BCUT2D eigenvalue weighted by molar-refractivity contribution is 7.99. The van der Waals surface area contributed by atoms with Crippen molar-refractivity contribution in [1.82, 2.24) is 19.9 Å². The largest absolute Gasteiger partial charge is 0.318 e. The first-order chi connectivity index (χ1) is 8.26. The molecule has 0 saturated heterocycles. The van der Waals surface area contributed by atoms with Crippen LogP contribution in [0, 0.1) is 6.92 Å². The molecule has 92 valence electrons. The van der Waals surface area contributed by atoms with Crippen LogP contribution < -0.4 is 5.32 Å². The van der Waals surface area contributed by atoms with Crippen molar-refractivity contribution >= 4 is 17.4 Å². The minimum Gasteiger partial charge on any atom is -0.318 e. The lowest BCUT2D eigenvalue weighted by atomic mass is 10.2. The first kappa shape index (κ1) is 12.4. The highest BCUT2D eigenvalue weighted by atomic mass is 32.2. The van der Waals surface area contributed by atoms with E-state index < -0.39 is 0 Å². The highest BCUT2D eigenvalue weighted by Gasteiger charge is 2.15. The fraction of sp³-hybridized carbons (Fsp3) is 0.500. The zero-order valence-electron chi connectivity index (χ0n) is 10.5. The van der Waals surface area contributed by atoms with Gasteiger partial charge >= 0.3 is 0 Å². The maximum absolute atomic E-state index is 4.47. The molecule has 2 heterocycles. The van der Waals surface area contributed by atoms with Crippen LogP contribution in [0.15, 0.2) is 18.3 Å². The number of likely N-dealkylation sites (N-methyl/N-ethyl adjacent to an activating group) is 1. The van der Waals surface area contributed by atoms with E-state index in [1.807, 2.05) is 36.3 Å². The second-order valence-corrected chi connectivity index (χ2v) is 5.40. The maximum atomic E-state index is 4.47. The summed E-state index contributed by atoms with van der Waals surface area (Å²) in [6.07, 6.45) is 1.80. The third-order valence-electron chi connectivity index (χ3n) is 2.60. The van der Waals surface area contributed by atoms with Crippen molar-refractivity contribution in [2.45, 2.75) is 19.1 Å². The molecule has 1 atom stereocenters. The second kappa shape index (κ2) is 5.51. The van der Waals surface area contributed by atoms with Crippen LogP contribution in [0.25, 0.3) is 5.65 Å². The molecular formula is C12H18N4S. The Morgan fingerprint density at radius 3 is 3.06 bits per heavy atom. The van der Waals surface area contributed by atoms with E-state index >= 15 is 0 Å². The van der Waals surface area contributed by atoms with Gasteiger partial charge in [-0.15, -0.1) is 0 Å². The summed E-state index contributed by atoms with van der Waals surface area (Å²) >= 11 is 1.93. The van der Waals surface area contributed by atoms with Crippen molar-refractivity contribution in [3.63, 3.8) is 0 Å². The standard InChI is InChI=1S/C12H18N4S/c1-4-17-11(8-13-3)10-7-9(2)15-12-5-6-14-16(10)12/h5-7,11,13H,4,8H2,1-3H3. The normalized spacial score (nSPS) is 13.1. The average molecular weight is 250 g/mol. The SMILES string of the molecule is CCSC(CNC)c1cc(C)nc2ccnn12. The van der Waals surface area contributed by atoms with E-state index in [0.717, 1.165) is 23.6 Å². The summed E-state index contributed by atoms with van der Waals surface area (Å²) in [4.78, 5) is 4.47. The van der Waals surface area contributed by atoms with E-state index in [9.17, 15) is 0 Å². The number of aryl methyl sites for hydroxylation is 1. The van der Waals surface area contributed by atoms with Gasteiger partial charge < -0.3 is 5.32 Å². The van der Waals surface area contributed by atoms with E-state index in [-0.39, 0.29) is 0 Å². The number of thioether (sulfide) groups is 1. The molecule has 0 radical (unpaired) electrons. The maximum Gasteiger partial charge on any atom is 0.155 e. The highest BCUT2D eigenvalue weighted by Crippen LogP contribution is 2.28. The van der Waals surface area contributed by atoms with Crippen molar-refractivity contribution in [3.05, 3.63) is 29.7 Å². The Kier molecular flexibility index (Phi) is 4.02. The number of hydrogen-bond acceptors (Lipinski definition) is 4. The van der Waals surface area contributed by atoms with Crippen LogP contribution in [0.3, 0.4) is 0 Å². The van der Waals surface area contributed by atoms with Gasteiger partial charge in [-0.05, 0) is 25.8 Å². The Labute approximate surface area is 106 Å². The minimum absolute atomic E-state index is 0.411. The van der Waals surface area contributed by atoms with Gasteiger partial charge in [-0.3, -0.25) is 0 Å². The van der Waals surface area contributed by atoms with Gasteiger partial charge in [-0.1, -0.05) is 6.92 Å². The van der Waals surface area contributed by atoms with Gasteiger partial charge in [-0.25, -0.2) is 9.50 Å². The lowest BCUT2D eigenvalue weighted by Crippen LogP contribution is -2.18. The molecular weight excluding hydrogens is 232 g/mol. The summed E-state index contributed by atoms with van der Waals surface area (Å²) in [5.74, 6) is 1.09. The first-order valence-corrected chi connectivity index (χ1v) is 6.88. The van der Waals surface area contributed by atoms with E-state index in [0.29, 0.717) is 5.25 Å². The summed E-state index contributed by atoms with van der Waals surface area (Å²) in [5, 5.41) is 8.01. The van der Waals surface area contributed by atoms with E-state index in [4.69, 9.17) is 0 Å². The molecule has 0 aliphatic rings. The molecule has 2 aromatic rings. The minimum atomic E-state index is 0.411. The van der Waals surface area contributed by atoms with Crippen LogP contribution in [0.2, 0.25) is 0 Å². The Balaban J connectivity index is 2.46. The van der Waals surface area contributed by atoms with Gasteiger partial charge in [0.15, 0.2) is 5.65 Å². The van der Waals surface area contributed by atoms with Crippen LogP contribution >= 0.6 is 11.8 Å². The van der Waals surface area contributed by atoms with E-state index in [1.165, 1.54) is 5.69 Å². The predicted octanol–water partition coefficient (Wildman–Crippen LogP) is 2.05. The summed E-state index contributed by atoms with van der Waals surface area (Å²) in [6, 6.07) is 4.08. The number of fused-ring (bicyclic) bond motifs is 1. The Morgan fingerprint density at radius 2 is 2.35 bits per heavy atom. The zero-order valence-corrected chi connectivity index (χ0v) is 11.3. The third-order valence-corrected chi connectivity index (χ3v) is 3.75. The quantitative estimate of drug-likeness (QED) is 0.882. The van der Waals surface area contributed by atoms with Crippen molar-refractivity contribution in [3.8, 4) is 0 Å². The lowest BCUT2D eigenvalue weighted by Gasteiger charge is -2.17. The van der Waals surface area contributed by atoms with E-state index in [2.05, 4.69) is 28.4 Å². The fourth-order valence-electron chi connectivity index (χ4n) is 1.93. The number of rotatable bonds is 5. The predicted molar refractivity (Wildman–Crippen MR) is 72.5 cm³/mol. The van der Waals surface area contributed by atoms with Crippen LogP contribution in [-0.4, -0.2) is 33.9 Å². The first-order valence-electron chi connectivity index (χ1n) is 5.83. The number of aromatic nitrogens is 3. The van der Waals surface area contributed by atoms with Crippen molar-refractivity contribution in [2.75, 3.05) is 19.3 Å². The Hall–Kier alpha value is -1.07. The molecule has 0 amide bonds. The van der Waals surface area contributed by atoms with Crippen LogP contribution in [0.1, 0.15) is 23.6 Å². The summed E-state index contributed by atoms with van der Waals surface area (Å²) in [6.45, 7) is 5.15. The monoisotopic (exact) mass is 250 g/mol. The topological polar surface area (TPSA) is 42.2 Å². The molecule has 0 bridgehead atoms. The van der Waals surface area contributed by atoms with E-state index in [1.54, 1.807) is 6.20 Å². The number of nitrogens with one attached hydrogen (secondary N) is 1. The van der Waals surface area contributed by atoms with Gasteiger partial charge in [0.25, 0.3) is 0 Å². The van der Waals surface area contributed by atoms with Gasteiger partial charge in [0.2, 0.25) is 0 Å². The zero-order chi connectivity index (χ0) is 12.3. The molecule has 0 fully saturated rings. The van der Waals surface area contributed by atoms with Gasteiger partial charge in [0, 0.05) is 18.3 Å². The molecule has 1 N–H and O–H groups in total. The molecule has 0 aliphatic carbocycles. The van der Waals surface area contributed by atoms with Crippen LogP contribution in [0.5, 0.6) is 0 Å². The molecule has 5 heteroatoms. The van der Waals surface area contributed by atoms with Gasteiger partial charge in [-0.2, -0.15) is 16.9 Å². The summed E-state index contributed by atoms with van der Waals surface area (Å²) < 4.78 is 1.94. The lowest BCUT2D eigenvalue weighted by molar-refractivity contribution is 0.728. The molecule has 2 rings (SSSR count). The molecule has 0 spiro atoms. The molecule has 4 nitrogen and oxygen atoms in total. The third kappa shape index (κ3) is 2.61. The van der Waals surface area contributed by atoms with Gasteiger partial charge in [0.05, 0.1) is 17.1 Å². The fourth-order valence-corrected chi connectivity index (χ4v) is 2.96. The number of nitrogens with zero attached hydrogens (tertiary/aromatic N) is 3. The van der Waals surface area contributed by atoms with Crippen molar-refractivity contribution in [1.29, 1.82) is 0 Å². The molecule has 0 saturated carbocycles. The smallest absolute Gasteiger partial charge is 0.155 e. The van der Waals surface area contributed by atoms with Crippen molar-refractivity contribution < 1.29 is 0 Å². The van der Waals surface area contributed by atoms with Crippen LogP contribution in [0.4, 0.5) is 0 Å². The molecule has 1 unspecified atom stereocenters. The Morgan fingerprint density at radius 1 is 1.53 bits per heavy atom. The average Bonchev–Trinajstić information content (AvgIpc) is 2.75. The second-order valence-electron chi connectivity index (χ2n) is 3.93. The van der Waals surface area contributed by atoms with Crippen LogP contribution in [-0.2, 0) is 0 Å². The molecule has 0 aliphatic heterocycles.